The Hall–Kier alpha value is -0.170. The van der Waals surface area contributed by atoms with E-state index in [4.69, 9.17) is 10.5 Å². The van der Waals surface area contributed by atoms with Crippen LogP contribution >= 0.6 is 0 Å². The molecule has 2 unspecified atom stereocenters. The molecule has 1 rings (SSSR count). The van der Waals surface area contributed by atoms with Gasteiger partial charge in [-0.3, -0.25) is 0 Å². The standard InChI is InChI=1S/C10H22N2O3S/c1-9(5-6-11)12(2)16(13,14)8-10-4-3-7-15-10/h9-10H,3-8,11H2,1-2H3. The van der Waals surface area contributed by atoms with Crippen LogP contribution in [0.25, 0.3) is 0 Å². The lowest BCUT2D eigenvalue weighted by Crippen LogP contribution is -2.40. The first kappa shape index (κ1) is 13.9. The summed E-state index contributed by atoms with van der Waals surface area (Å²) in [6, 6.07) is -0.0450. The minimum absolute atomic E-state index is 0.0450. The number of rotatable bonds is 6. The van der Waals surface area contributed by atoms with Gasteiger partial charge in [0.2, 0.25) is 10.0 Å². The zero-order chi connectivity index (χ0) is 12.2. The molecule has 2 atom stereocenters. The van der Waals surface area contributed by atoms with Crippen molar-refractivity contribution in [1.82, 2.24) is 4.31 Å². The molecule has 96 valence electrons. The summed E-state index contributed by atoms with van der Waals surface area (Å²) in [5.74, 6) is 0.0956. The van der Waals surface area contributed by atoms with E-state index in [-0.39, 0.29) is 17.9 Å². The molecule has 16 heavy (non-hydrogen) atoms. The van der Waals surface area contributed by atoms with Crippen molar-refractivity contribution in [2.24, 2.45) is 5.73 Å². The number of ether oxygens (including phenoxy) is 1. The molecular formula is C10H22N2O3S. The van der Waals surface area contributed by atoms with Crippen LogP contribution in [0.5, 0.6) is 0 Å². The van der Waals surface area contributed by atoms with Gasteiger partial charge in [0.15, 0.2) is 0 Å². The number of nitrogens with zero attached hydrogens (tertiary/aromatic N) is 1. The van der Waals surface area contributed by atoms with Crippen LogP contribution in [0.2, 0.25) is 0 Å². The van der Waals surface area contributed by atoms with Crippen LogP contribution in [0.4, 0.5) is 0 Å². The van der Waals surface area contributed by atoms with Crippen molar-refractivity contribution in [3.05, 3.63) is 0 Å². The van der Waals surface area contributed by atoms with E-state index in [9.17, 15) is 8.42 Å². The zero-order valence-corrected chi connectivity index (χ0v) is 10.9. The molecule has 1 aliphatic heterocycles. The smallest absolute Gasteiger partial charge is 0.216 e. The van der Waals surface area contributed by atoms with Crippen molar-refractivity contribution in [2.45, 2.75) is 38.3 Å². The molecule has 0 aromatic carbocycles. The first-order chi connectivity index (χ1) is 7.47. The molecule has 0 radical (unpaired) electrons. The Kier molecular flexibility index (Phi) is 5.17. The van der Waals surface area contributed by atoms with Gasteiger partial charge in [0.05, 0.1) is 11.9 Å². The van der Waals surface area contributed by atoms with Gasteiger partial charge in [-0.25, -0.2) is 12.7 Å². The van der Waals surface area contributed by atoms with E-state index < -0.39 is 10.0 Å². The van der Waals surface area contributed by atoms with E-state index in [0.717, 1.165) is 12.8 Å². The van der Waals surface area contributed by atoms with Crippen LogP contribution < -0.4 is 5.73 Å². The fourth-order valence-corrected chi connectivity index (χ4v) is 3.45. The summed E-state index contributed by atoms with van der Waals surface area (Å²) in [7, 11) is -1.60. The van der Waals surface area contributed by atoms with Crippen molar-refractivity contribution in [3.63, 3.8) is 0 Å². The number of hydrogen-bond donors (Lipinski definition) is 1. The summed E-state index contributed by atoms with van der Waals surface area (Å²) in [6.07, 6.45) is 2.36. The molecular weight excluding hydrogens is 228 g/mol. The third kappa shape index (κ3) is 3.69. The molecule has 1 fully saturated rings. The lowest BCUT2D eigenvalue weighted by Gasteiger charge is -2.25. The second kappa shape index (κ2) is 5.95. The predicted octanol–water partition coefficient (Wildman–Crippen LogP) is 0.164. The molecule has 2 N–H and O–H groups in total. The minimum atomic E-state index is -3.21. The topological polar surface area (TPSA) is 72.6 Å². The van der Waals surface area contributed by atoms with Crippen LogP contribution in [0.1, 0.15) is 26.2 Å². The van der Waals surface area contributed by atoms with Gasteiger partial charge < -0.3 is 10.5 Å². The van der Waals surface area contributed by atoms with Crippen molar-refractivity contribution >= 4 is 10.0 Å². The van der Waals surface area contributed by atoms with Gasteiger partial charge in [0, 0.05) is 19.7 Å². The third-order valence-electron chi connectivity index (χ3n) is 3.06. The molecule has 0 spiro atoms. The largest absolute Gasteiger partial charge is 0.377 e. The highest BCUT2D eigenvalue weighted by molar-refractivity contribution is 7.89. The Morgan fingerprint density at radius 1 is 1.56 bits per heavy atom. The fourth-order valence-electron chi connectivity index (χ4n) is 1.83. The summed E-state index contributed by atoms with van der Waals surface area (Å²) in [4.78, 5) is 0. The average Bonchev–Trinajstić information content (AvgIpc) is 2.68. The Balaban J connectivity index is 2.54. The minimum Gasteiger partial charge on any atom is -0.377 e. The highest BCUT2D eigenvalue weighted by Crippen LogP contribution is 2.17. The van der Waals surface area contributed by atoms with Gasteiger partial charge in [-0.1, -0.05) is 0 Å². The molecule has 1 heterocycles. The van der Waals surface area contributed by atoms with E-state index in [1.165, 1.54) is 4.31 Å². The van der Waals surface area contributed by atoms with Gasteiger partial charge in [-0.2, -0.15) is 0 Å². The number of sulfonamides is 1. The third-order valence-corrected chi connectivity index (χ3v) is 5.09. The number of nitrogens with two attached hydrogens (primary N) is 1. The van der Waals surface area contributed by atoms with Gasteiger partial charge in [0.25, 0.3) is 0 Å². The predicted molar refractivity (Wildman–Crippen MR) is 63.7 cm³/mol. The Bertz CT molecular complexity index is 299. The number of hydrogen-bond acceptors (Lipinski definition) is 4. The van der Waals surface area contributed by atoms with Crippen LogP contribution in [0.15, 0.2) is 0 Å². The monoisotopic (exact) mass is 250 g/mol. The molecule has 0 aliphatic carbocycles. The summed E-state index contributed by atoms with van der Waals surface area (Å²) < 4.78 is 30.8. The lowest BCUT2D eigenvalue weighted by molar-refractivity contribution is 0.126. The maximum Gasteiger partial charge on any atom is 0.216 e. The Labute approximate surface area is 98.0 Å². The van der Waals surface area contributed by atoms with Crippen LogP contribution in [0, 0.1) is 0 Å². The molecule has 6 heteroatoms. The molecule has 0 bridgehead atoms. The summed E-state index contributed by atoms with van der Waals surface area (Å²) >= 11 is 0. The van der Waals surface area contributed by atoms with Crippen LogP contribution in [-0.4, -0.2) is 50.8 Å². The van der Waals surface area contributed by atoms with Gasteiger partial charge in [-0.15, -0.1) is 0 Å². The fraction of sp³-hybridized carbons (Fsp3) is 1.00. The zero-order valence-electron chi connectivity index (χ0n) is 10.1. The van der Waals surface area contributed by atoms with Crippen LogP contribution in [0.3, 0.4) is 0 Å². The van der Waals surface area contributed by atoms with E-state index in [0.29, 0.717) is 19.6 Å². The van der Waals surface area contributed by atoms with Crippen LogP contribution in [-0.2, 0) is 14.8 Å². The molecule has 1 aliphatic rings. The Morgan fingerprint density at radius 2 is 2.25 bits per heavy atom. The highest BCUT2D eigenvalue weighted by atomic mass is 32.2. The highest BCUT2D eigenvalue weighted by Gasteiger charge is 2.28. The average molecular weight is 250 g/mol. The first-order valence-corrected chi connectivity index (χ1v) is 7.35. The second-order valence-electron chi connectivity index (χ2n) is 4.36. The van der Waals surface area contributed by atoms with Gasteiger partial charge in [0.1, 0.15) is 0 Å². The summed E-state index contributed by atoms with van der Waals surface area (Å²) in [5.41, 5.74) is 5.43. The molecule has 0 aromatic rings. The van der Waals surface area contributed by atoms with Gasteiger partial charge >= 0.3 is 0 Å². The molecule has 5 nitrogen and oxygen atoms in total. The SMILES string of the molecule is CC(CCN)N(C)S(=O)(=O)CC1CCCO1. The molecule has 0 aromatic heterocycles. The van der Waals surface area contributed by atoms with E-state index in [1.54, 1.807) is 7.05 Å². The van der Waals surface area contributed by atoms with E-state index in [1.807, 2.05) is 6.92 Å². The Morgan fingerprint density at radius 3 is 2.75 bits per heavy atom. The molecule has 1 saturated heterocycles. The maximum absolute atomic E-state index is 12.0. The van der Waals surface area contributed by atoms with E-state index in [2.05, 4.69) is 0 Å². The molecule has 0 amide bonds. The molecule has 0 saturated carbocycles. The lowest BCUT2D eigenvalue weighted by atomic mass is 10.2. The first-order valence-electron chi connectivity index (χ1n) is 5.74. The quantitative estimate of drug-likeness (QED) is 0.729. The van der Waals surface area contributed by atoms with Crippen molar-refractivity contribution in [1.29, 1.82) is 0 Å². The van der Waals surface area contributed by atoms with Crippen molar-refractivity contribution in [3.8, 4) is 0 Å². The summed E-state index contributed by atoms with van der Waals surface area (Å²) in [6.45, 7) is 3.06. The summed E-state index contributed by atoms with van der Waals surface area (Å²) in [5, 5.41) is 0. The second-order valence-corrected chi connectivity index (χ2v) is 6.43. The van der Waals surface area contributed by atoms with Gasteiger partial charge in [-0.05, 0) is 32.7 Å². The van der Waals surface area contributed by atoms with Crippen molar-refractivity contribution < 1.29 is 13.2 Å². The maximum atomic E-state index is 12.0. The normalized spacial score (nSPS) is 23.9. The van der Waals surface area contributed by atoms with E-state index >= 15 is 0 Å². The van der Waals surface area contributed by atoms with Crippen molar-refractivity contribution in [2.75, 3.05) is 26.0 Å².